The van der Waals surface area contributed by atoms with Gasteiger partial charge in [-0.15, -0.1) is 0 Å². The third-order valence-corrected chi connectivity index (χ3v) is 2.32. The number of imide groups is 1. The van der Waals surface area contributed by atoms with E-state index in [1.807, 2.05) is 18.2 Å². The van der Waals surface area contributed by atoms with Gasteiger partial charge in [0.2, 0.25) is 0 Å². The summed E-state index contributed by atoms with van der Waals surface area (Å²) >= 11 is 0. The number of hydrogen-bond acceptors (Lipinski definition) is 3. The molecule has 1 aliphatic rings. The maximum atomic E-state index is 11.6. The van der Waals surface area contributed by atoms with Gasteiger partial charge in [-0.3, -0.25) is 10.2 Å². The second kappa shape index (κ2) is 4.22. The van der Waals surface area contributed by atoms with Gasteiger partial charge in [0, 0.05) is 12.5 Å². The fraction of sp³-hybridized carbons (Fsp3) is 0.273. The molecule has 0 bridgehead atoms. The highest BCUT2D eigenvalue weighted by Gasteiger charge is 2.29. The van der Waals surface area contributed by atoms with Gasteiger partial charge in [-0.1, -0.05) is 18.2 Å². The Morgan fingerprint density at radius 3 is 2.62 bits per heavy atom. The van der Waals surface area contributed by atoms with E-state index in [0.29, 0.717) is 12.1 Å². The standard InChI is InChI=1S/C11H13N3O2/c1-8-7-10(15)14(11(16)12-8)13-9-5-3-2-4-6-9/h2-6,8,13H,7H2,1H3,(H,12,16). The zero-order chi connectivity index (χ0) is 11.5. The van der Waals surface area contributed by atoms with E-state index in [0.717, 1.165) is 5.01 Å². The van der Waals surface area contributed by atoms with Crippen LogP contribution >= 0.6 is 0 Å². The van der Waals surface area contributed by atoms with Crippen LogP contribution in [0.25, 0.3) is 0 Å². The van der Waals surface area contributed by atoms with E-state index in [2.05, 4.69) is 10.7 Å². The number of benzene rings is 1. The molecule has 0 aliphatic carbocycles. The van der Waals surface area contributed by atoms with Crippen LogP contribution in [0.2, 0.25) is 0 Å². The van der Waals surface area contributed by atoms with Crippen molar-refractivity contribution in [1.82, 2.24) is 10.3 Å². The molecule has 0 radical (unpaired) electrons. The number of hydrazine groups is 1. The molecular weight excluding hydrogens is 206 g/mol. The second-order valence-electron chi connectivity index (χ2n) is 3.76. The van der Waals surface area contributed by atoms with Crippen molar-refractivity contribution in [3.63, 3.8) is 0 Å². The monoisotopic (exact) mass is 219 g/mol. The molecule has 5 nitrogen and oxygen atoms in total. The van der Waals surface area contributed by atoms with Gasteiger partial charge < -0.3 is 5.32 Å². The van der Waals surface area contributed by atoms with Crippen molar-refractivity contribution in [3.05, 3.63) is 30.3 Å². The lowest BCUT2D eigenvalue weighted by Crippen LogP contribution is -2.55. The quantitative estimate of drug-likeness (QED) is 0.789. The van der Waals surface area contributed by atoms with Crippen molar-refractivity contribution in [2.45, 2.75) is 19.4 Å². The third kappa shape index (κ3) is 2.13. The number of amides is 3. The van der Waals surface area contributed by atoms with Gasteiger partial charge in [0.15, 0.2) is 0 Å². The predicted octanol–water partition coefficient (Wildman–Crippen LogP) is 1.34. The molecule has 1 heterocycles. The summed E-state index contributed by atoms with van der Waals surface area (Å²) in [5.74, 6) is -0.222. The van der Waals surface area contributed by atoms with E-state index >= 15 is 0 Å². The topological polar surface area (TPSA) is 61.4 Å². The van der Waals surface area contributed by atoms with Crippen LogP contribution in [0.4, 0.5) is 10.5 Å². The van der Waals surface area contributed by atoms with Crippen LogP contribution in [0.3, 0.4) is 0 Å². The molecule has 16 heavy (non-hydrogen) atoms. The number of hydrogen-bond donors (Lipinski definition) is 2. The first-order chi connectivity index (χ1) is 7.66. The van der Waals surface area contributed by atoms with Crippen LogP contribution < -0.4 is 10.7 Å². The number of rotatable bonds is 2. The summed E-state index contributed by atoms with van der Waals surface area (Å²) in [7, 11) is 0. The van der Waals surface area contributed by atoms with Crippen LogP contribution in [-0.4, -0.2) is 23.0 Å². The Hall–Kier alpha value is -2.04. The molecule has 5 heteroatoms. The van der Waals surface area contributed by atoms with E-state index in [1.54, 1.807) is 19.1 Å². The van der Waals surface area contributed by atoms with Gasteiger partial charge in [0.05, 0.1) is 5.69 Å². The summed E-state index contributed by atoms with van der Waals surface area (Å²) in [5, 5.41) is 3.69. The maximum Gasteiger partial charge on any atom is 0.343 e. The lowest BCUT2D eigenvalue weighted by atomic mass is 10.2. The first-order valence-corrected chi connectivity index (χ1v) is 5.12. The Bertz CT molecular complexity index is 387. The van der Waals surface area contributed by atoms with E-state index in [-0.39, 0.29) is 11.9 Å². The third-order valence-electron chi connectivity index (χ3n) is 2.32. The van der Waals surface area contributed by atoms with E-state index in [1.165, 1.54) is 0 Å². The van der Waals surface area contributed by atoms with Gasteiger partial charge in [0.1, 0.15) is 0 Å². The first-order valence-electron chi connectivity index (χ1n) is 5.12. The average Bonchev–Trinajstić information content (AvgIpc) is 2.25. The average molecular weight is 219 g/mol. The van der Waals surface area contributed by atoms with Gasteiger partial charge in [-0.2, -0.15) is 5.01 Å². The molecule has 0 aromatic heterocycles. The Balaban J connectivity index is 2.10. The number of anilines is 1. The summed E-state index contributed by atoms with van der Waals surface area (Å²) in [6.45, 7) is 1.80. The number of urea groups is 1. The maximum absolute atomic E-state index is 11.6. The summed E-state index contributed by atoms with van der Waals surface area (Å²) in [6.07, 6.45) is 0.311. The molecule has 1 atom stereocenters. The molecule has 1 aliphatic heterocycles. The van der Waals surface area contributed by atoms with Crippen molar-refractivity contribution in [2.75, 3.05) is 5.43 Å². The van der Waals surface area contributed by atoms with Crippen molar-refractivity contribution in [1.29, 1.82) is 0 Å². The van der Waals surface area contributed by atoms with Crippen LogP contribution in [0.5, 0.6) is 0 Å². The van der Waals surface area contributed by atoms with E-state index < -0.39 is 6.03 Å². The van der Waals surface area contributed by atoms with Gasteiger partial charge in [0.25, 0.3) is 5.91 Å². The first kappa shape index (κ1) is 10.5. The van der Waals surface area contributed by atoms with Gasteiger partial charge in [-0.05, 0) is 19.1 Å². The molecule has 2 rings (SSSR count). The Morgan fingerprint density at radius 2 is 2.00 bits per heavy atom. The Labute approximate surface area is 93.4 Å². The second-order valence-corrected chi connectivity index (χ2v) is 3.76. The molecule has 3 amide bonds. The van der Waals surface area contributed by atoms with Gasteiger partial charge >= 0.3 is 6.03 Å². The molecule has 1 fully saturated rings. The fourth-order valence-corrected chi connectivity index (χ4v) is 1.55. The Morgan fingerprint density at radius 1 is 1.31 bits per heavy atom. The molecule has 0 saturated carbocycles. The van der Waals surface area contributed by atoms with E-state index in [9.17, 15) is 9.59 Å². The van der Waals surface area contributed by atoms with Crippen LogP contribution in [0.1, 0.15) is 13.3 Å². The number of carbonyl (C=O) groups excluding carboxylic acids is 2. The molecule has 0 spiro atoms. The molecule has 1 saturated heterocycles. The molecule has 1 aromatic carbocycles. The largest absolute Gasteiger partial charge is 0.343 e. The highest BCUT2D eigenvalue weighted by molar-refractivity contribution is 5.98. The highest BCUT2D eigenvalue weighted by Crippen LogP contribution is 2.11. The van der Waals surface area contributed by atoms with Crippen molar-refractivity contribution < 1.29 is 9.59 Å². The SMILES string of the molecule is CC1CC(=O)N(Nc2ccccc2)C(=O)N1. The van der Waals surface area contributed by atoms with Crippen LogP contribution in [0.15, 0.2) is 30.3 Å². The molecule has 2 N–H and O–H groups in total. The van der Waals surface area contributed by atoms with E-state index in [4.69, 9.17) is 0 Å². The zero-order valence-corrected chi connectivity index (χ0v) is 8.93. The molecule has 84 valence electrons. The smallest absolute Gasteiger partial charge is 0.333 e. The normalized spacial score (nSPS) is 20.6. The molecular formula is C11H13N3O2. The van der Waals surface area contributed by atoms with Crippen molar-refractivity contribution in [2.24, 2.45) is 0 Å². The minimum Gasteiger partial charge on any atom is -0.333 e. The zero-order valence-electron chi connectivity index (χ0n) is 8.93. The van der Waals surface area contributed by atoms with Crippen LogP contribution in [-0.2, 0) is 4.79 Å². The number of nitrogens with one attached hydrogen (secondary N) is 2. The fourth-order valence-electron chi connectivity index (χ4n) is 1.55. The minimum absolute atomic E-state index is 0.103. The predicted molar refractivity (Wildman–Crippen MR) is 59.5 cm³/mol. The number of nitrogens with zero attached hydrogens (tertiary/aromatic N) is 1. The van der Waals surface area contributed by atoms with Crippen molar-refractivity contribution >= 4 is 17.6 Å². The van der Waals surface area contributed by atoms with Gasteiger partial charge in [-0.25, -0.2) is 4.79 Å². The summed E-state index contributed by atoms with van der Waals surface area (Å²) in [6, 6.07) is 8.60. The number of carbonyl (C=O) groups is 2. The summed E-state index contributed by atoms with van der Waals surface area (Å²) in [5.41, 5.74) is 3.48. The van der Waals surface area contributed by atoms with Crippen LogP contribution in [0, 0.1) is 0 Å². The lowest BCUT2D eigenvalue weighted by Gasteiger charge is -2.29. The molecule has 1 unspecified atom stereocenters. The summed E-state index contributed by atoms with van der Waals surface area (Å²) < 4.78 is 0. The number of para-hydroxylation sites is 1. The van der Waals surface area contributed by atoms with Crippen molar-refractivity contribution in [3.8, 4) is 0 Å². The Kier molecular flexibility index (Phi) is 2.76. The lowest BCUT2D eigenvalue weighted by molar-refractivity contribution is -0.128. The molecule has 1 aromatic rings. The highest BCUT2D eigenvalue weighted by atomic mass is 16.2. The minimum atomic E-state index is -0.410. The summed E-state index contributed by atoms with van der Waals surface area (Å²) in [4.78, 5) is 23.2.